The number of hydrogen-bond donors (Lipinski definition) is 2. The van der Waals surface area contributed by atoms with Gasteiger partial charge in [-0.2, -0.15) is 0 Å². The zero-order valence-electron chi connectivity index (χ0n) is 31.4. The molecule has 1 amide bonds. The minimum absolute atomic E-state index is 0.0942. The molecule has 2 N–H and O–H groups in total. The lowest BCUT2D eigenvalue weighted by molar-refractivity contribution is -0.123. The number of hydrogen-bond acceptors (Lipinski definition) is 4. The summed E-state index contributed by atoms with van der Waals surface area (Å²) in [5.74, 6) is -0.543. The number of nitrogens with one attached hydrogen (secondary N) is 1. The van der Waals surface area contributed by atoms with Gasteiger partial charge in [-0.05, 0) is 37.5 Å². The highest BCUT2D eigenvalue weighted by atomic mass is 16.5. The van der Waals surface area contributed by atoms with Crippen LogP contribution < -0.4 is 5.32 Å². The van der Waals surface area contributed by atoms with Crippen LogP contribution in [0.3, 0.4) is 0 Å². The Morgan fingerprint density at radius 1 is 0.625 bits per heavy atom. The topological polar surface area (TPSA) is 75.6 Å². The number of allylic oxidation sites excluding steroid dienone is 1. The summed E-state index contributed by atoms with van der Waals surface area (Å²) in [4.78, 5) is 25.7. The molecule has 48 heavy (non-hydrogen) atoms. The molecule has 276 valence electrons. The van der Waals surface area contributed by atoms with E-state index in [9.17, 15) is 14.7 Å². The smallest absolute Gasteiger partial charge is 0.338 e. The second-order valence-electron chi connectivity index (χ2n) is 14.0. The van der Waals surface area contributed by atoms with Crippen LogP contribution in [0.5, 0.6) is 0 Å². The first-order valence-corrected chi connectivity index (χ1v) is 20.4. The van der Waals surface area contributed by atoms with Gasteiger partial charge in [-0.25, -0.2) is 4.79 Å². The Hall–Kier alpha value is -2.14. The molecule has 1 aromatic carbocycles. The van der Waals surface area contributed by atoms with Crippen LogP contribution in [0.15, 0.2) is 42.5 Å². The molecule has 5 nitrogen and oxygen atoms in total. The fourth-order valence-electron chi connectivity index (χ4n) is 6.35. The van der Waals surface area contributed by atoms with Crippen LogP contribution in [0, 0.1) is 0 Å². The van der Waals surface area contributed by atoms with E-state index in [2.05, 4.69) is 19.2 Å². The van der Waals surface area contributed by atoms with Gasteiger partial charge in [0.25, 0.3) is 0 Å². The van der Waals surface area contributed by atoms with Gasteiger partial charge < -0.3 is 15.2 Å². The molecule has 0 aromatic heterocycles. The molecule has 0 fully saturated rings. The third-order valence-electron chi connectivity index (χ3n) is 9.50. The molecule has 1 aromatic rings. The van der Waals surface area contributed by atoms with E-state index >= 15 is 0 Å². The number of carbonyl (C=O) groups is 2. The number of carbonyl (C=O) groups excluding carboxylic acids is 2. The number of unbranched alkanes of at least 4 members (excludes halogenated alkanes) is 25. The second-order valence-corrected chi connectivity index (χ2v) is 14.0. The number of ether oxygens (including phenoxy) is 1. The molecule has 1 rings (SSSR count). The fourth-order valence-corrected chi connectivity index (χ4v) is 6.35. The predicted molar refractivity (Wildman–Crippen MR) is 204 cm³/mol. The molecule has 2 atom stereocenters. The monoisotopic (exact) mass is 670 g/mol. The molecule has 0 aliphatic rings. The Kier molecular flexibility index (Phi) is 30.5. The van der Waals surface area contributed by atoms with E-state index in [-0.39, 0.29) is 12.5 Å². The Labute approximate surface area is 296 Å². The van der Waals surface area contributed by atoms with Crippen LogP contribution in [-0.4, -0.2) is 35.7 Å². The lowest BCUT2D eigenvalue weighted by Crippen LogP contribution is -2.46. The summed E-state index contributed by atoms with van der Waals surface area (Å²) in [6.45, 7) is 4.24. The van der Waals surface area contributed by atoms with Crippen molar-refractivity contribution in [2.45, 2.75) is 206 Å². The van der Waals surface area contributed by atoms with Gasteiger partial charge in [-0.3, -0.25) is 4.79 Å². The van der Waals surface area contributed by atoms with Crippen LogP contribution in [0.25, 0.3) is 0 Å². The maximum Gasteiger partial charge on any atom is 0.338 e. The van der Waals surface area contributed by atoms with E-state index in [1.807, 2.05) is 18.2 Å². The van der Waals surface area contributed by atoms with Crippen LogP contribution in [0.4, 0.5) is 0 Å². The molecule has 0 saturated heterocycles. The summed E-state index contributed by atoms with van der Waals surface area (Å²) in [7, 11) is 0. The SMILES string of the molecule is CCCCCCCCCCCCC/C=C/[C@@H](OC(=O)c1ccccc1)[C@H](CO)NC(=O)CCCCCCCCCCCCCCCCC. The highest BCUT2D eigenvalue weighted by Gasteiger charge is 2.24. The van der Waals surface area contributed by atoms with E-state index in [1.54, 1.807) is 24.3 Å². The zero-order valence-corrected chi connectivity index (χ0v) is 31.4. The molecule has 0 radical (unpaired) electrons. The fraction of sp³-hybridized carbons (Fsp3) is 0.767. The number of aliphatic hydroxyl groups excluding tert-OH is 1. The van der Waals surface area contributed by atoms with Crippen molar-refractivity contribution < 1.29 is 19.4 Å². The van der Waals surface area contributed by atoms with Gasteiger partial charge >= 0.3 is 5.97 Å². The van der Waals surface area contributed by atoms with Crippen molar-refractivity contribution in [2.24, 2.45) is 0 Å². The molecule has 0 aliphatic carbocycles. The Balaban J connectivity index is 2.33. The summed E-state index contributed by atoms with van der Waals surface area (Å²) < 4.78 is 5.83. The average molecular weight is 670 g/mol. The summed E-state index contributed by atoms with van der Waals surface area (Å²) >= 11 is 0. The number of rotatable bonds is 34. The van der Waals surface area contributed by atoms with Gasteiger partial charge in [-0.1, -0.05) is 192 Å². The highest BCUT2D eigenvalue weighted by Crippen LogP contribution is 2.16. The second kappa shape index (κ2) is 33.4. The minimum atomic E-state index is -0.722. The molecule has 0 aliphatic heterocycles. The first kappa shape index (κ1) is 43.9. The number of amides is 1. The Morgan fingerprint density at radius 2 is 1.04 bits per heavy atom. The van der Waals surface area contributed by atoms with Crippen molar-refractivity contribution in [2.75, 3.05) is 6.61 Å². The van der Waals surface area contributed by atoms with Crippen molar-refractivity contribution in [3.8, 4) is 0 Å². The molecule has 0 unspecified atom stereocenters. The molecule has 0 spiro atoms. The third-order valence-corrected chi connectivity index (χ3v) is 9.50. The quantitative estimate of drug-likeness (QED) is 0.0435. The first-order chi connectivity index (χ1) is 23.6. The van der Waals surface area contributed by atoms with Crippen molar-refractivity contribution in [1.29, 1.82) is 0 Å². The molecular formula is C43H75NO4. The standard InChI is InChI=1S/C43H75NO4/c1-3-5-7-9-11-13-15-17-18-20-22-24-26-28-33-37-42(46)44-40(38-45)41(48-43(47)39-34-30-29-31-35-39)36-32-27-25-23-21-19-16-14-12-10-8-6-4-2/h29-32,34-36,40-41,45H,3-28,33,37-38H2,1-2H3,(H,44,46)/b36-32+/t40-,41+/m0/s1. The first-order valence-electron chi connectivity index (χ1n) is 20.4. The van der Waals surface area contributed by atoms with E-state index in [1.165, 1.54) is 141 Å². The Bertz CT molecular complexity index is 886. The summed E-state index contributed by atoms with van der Waals surface area (Å²) in [5.41, 5.74) is 0.460. The van der Waals surface area contributed by atoms with Crippen molar-refractivity contribution in [3.63, 3.8) is 0 Å². The number of benzene rings is 1. The largest absolute Gasteiger partial charge is 0.452 e. The van der Waals surface area contributed by atoms with E-state index in [0.29, 0.717) is 12.0 Å². The van der Waals surface area contributed by atoms with Crippen molar-refractivity contribution >= 4 is 11.9 Å². The van der Waals surface area contributed by atoms with E-state index < -0.39 is 18.1 Å². The summed E-state index contributed by atoms with van der Waals surface area (Å²) in [6, 6.07) is 8.23. The van der Waals surface area contributed by atoms with E-state index in [0.717, 1.165) is 32.1 Å². The van der Waals surface area contributed by atoms with Crippen molar-refractivity contribution in [3.05, 3.63) is 48.0 Å². The molecule has 5 heteroatoms. The molecule has 0 heterocycles. The number of esters is 1. The maximum absolute atomic E-state index is 12.9. The van der Waals surface area contributed by atoms with Gasteiger partial charge in [0, 0.05) is 6.42 Å². The van der Waals surface area contributed by atoms with Gasteiger partial charge in [0.2, 0.25) is 5.91 Å². The molecule has 0 bridgehead atoms. The molecule has 0 saturated carbocycles. The van der Waals surface area contributed by atoms with Crippen LogP contribution in [0.1, 0.15) is 204 Å². The van der Waals surface area contributed by atoms with Gasteiger partial charge in [0.1, 0.15) is 6.10 Å². The zero-order chi connectivity index (χ0) is 34.8. The van der Waals surface area contributed by atoms with Crippen LogP contribution >= 0.6 is 0 Å². The van der Waals surface area contributed by atoms with Crippen LogP contribution in [0.2, 0.25) is 0 Å². The van der Waals surface area contributed by atoms with E-state index in [4.69, 9.17) is 4.74 Å². The lowest BCUT2D eigenvalue weighted by atomic mass is 10.0. The summed E-state index contributed by atoms with van der Waals surface area (Å²) in [5, 5.41) is 13.1. The molecular weight excluding hydrogens is 594 g/mol. The number of aliphatic hydroxyl groups is 1. The minimum Gasteiger partial charge on any atom is -0.452 e. The van der Waals surface area contributed by atoms with Gasteiger partial charge in [-0.15, -0.1) is 0 Å². The van der Waals surface area contributed by atoms with Crippen molar-refractivity contribution in [1.82, 2.24) is 5.32 Å². The highest BCUT2D eigenvalue weighted by molar-refractivity contribution is 5.89. The average Bonchev–Trinajstić information content (AvgIpc) is 3.10. The van der Waals surface area contributed by atoms with Gasteiger partial charge in [0.05, 0.1) is 18.2 Å². The normalized spacial score (nSPS) is 12.7. The Morgan fingerprint density at radius 3 is 1.48 bits per heavy atom. The summed E-state index contributed by atoms with van der Waals surface area (Å²) in [6.07, 6.45) is 38.1. The van der Waals surface area contributed by atoms with Crippen LogP contribution in [-0.2, 0) is 9.53 Å². The lowest BCUT2D eigenvalue weighted by Gasteiger charge is -2.24. The van der Waals surface area contributed by atoms with Gasteiger partial charge in [0.15, 0.2) is 0 Å². The third kappa shape index (κ3) is 25.8. The maximum atomic E-state index is 12.9. The predicted octanol–water partition coefficient (Wildman–Crippen LogP) is 12.2.